The minimum absolute atomic E-state index is 0.132. The molecule has 0 aliphatic heterocycles. The molecule has 0 aliphatic carbocycles. The van der Waals surface area contributed by atoms with Crippen LogP contribution < -0.4 is 4.72 Å². The molecule has 0 spiro atoms. The molecule has 0 heterocycles. The fourth-order valence-corrected chi connectivity index (χ4v) is 3.64. The van der Waals surface area contributed by atoms with Crippen molar-refractivity contribution in [2.45, 2.75) is 9.79 Å². The first-order chi connectivity index (χ1) is 9.40. The zero-order valence-corrected chi connectivity index (χ0v) is 12.9. The van der Waals surface area contributed by atoms with E-state index in [9.17, 15) is 13.0 Å². The zero-order valence-electron chi connectivity index (χ0n) is 10.5. The van der Waals surface area contributed by atoms with Crippen LogP contribution in [0.5, 0.6) is 0 Å². The molecule has 1 atom stereocenters. The number of nitrogens with one attached hydrogen (secondary N) is 1. The molecule has 106 valence electrons. The Hall–Kier alpha value is -1.21. The van der Waals surface area contributed by atoms with Crippen molar-refractivity contribution in [3.05, 3.63) is 53.6 Å². The lowest BCUT2D eigenvalue weighted by Gasteiger charge is -2.13. The van der Waals surface area contributed by atoms with Crippen molar-refractivity contribution < 1.29 is 13.0 Å². The molecule has 0 fully saturated rings. The van der Waals surface area contributed by atoms with Gasteiger partial charge in [0.2, 0.25) is 0 Å². The quantitative estimate of drug-likeness (QED) is 0.877. The highest BCUT2D eigenvalue weighted by atomic mass is 35.5. The second kappa shape index (κ2) is 6.05. The van der Waals surface area contributed by atoms with Crippen LogP contribution in [0.3, 0.4) is 0 Å². The van der Waals surface area contributed by atoms with Crippen molar-refractivity contribution in [1.29, 1.82) is 0 Å². The first-order valence-corrected chi connectivity index (χ1v) is 9.03. The normalized spacial score (nSPS) is 12.9. The summed E-state index contributed by atoms with van der Waals surface area (Å²) in [7, 11) is -3.73. The van der Waals surface area contributed by atoms with Crippen LogP contribution in [0.4, 0.5) is 5.69 Å². The summed E-state index contributed by atoms with van der Waals surface area (Å²) in [6, 6.07) is 12.5. The monoisotopic (exact) mass is 329 g/mol. The zero-order chi connectivity index (χ0) is 14.8. The SMILES string of the molecule is C[S+]([O-])c1ccc(Cl)cc1NS(=O)(=O)c1ccccc1. The van der Waals surface area contributed by atoms with Gasteiger partial charge in [-0.05, 0) is 41.5 Å². The van der Waals surface area contributed by atoms with E-state index >= 15 is 0 Å². The number of hydrogen-bond acceptors (Lipinski definition) is 3. The molecule has 2 aromatic rings. The van der Waals surface area contributed by atoms with E-state index in [0.29, 0.717) is 9.92 Å². The van der Waals surface area contributed by atoms with Gasteiger partial charge >= 0.3 is 0 Å². The van der Waals surface area contributed by atoms with Gasteiger partial charge in [0.25, 0.3) is 10.0 Å². The smallest absolute Gasteiger partial charge is 0.262 e. The van der Waals surface area contributed by atoms with Crippen LogP contribution in [-0.4, -0.2) is 19.2 Å². The first kappa shape index (κ1) is 15.2. The standard InChI is InChI=1S/C13H12ClNO3S2/c1-19(16)13-8-7-10(14)9-12(13)15-20(17,18)11-5-3-2-4-6-11/h2-9,15H,1H3. The maximum atomic E-state index is 12.2. The van der Waals surface area contributed by atoms with Gasteiger partial charge < -0.3 is 4.55 Å². The van der Waals surface area contributed by atoms with E-state index in [1.807, 2.05) is 0 Å². The fourth-order valence-electron chi connectivity index (χ4n) is 1.64. The van der Waals surface area contributed by atoms with E-state index in [1.54, 1.807) is 30.3 Å². The van der Waals surface area contributed by atoms with Crippen LogP contribution >= 0.6 is 11.6 Å². The molecule has 7 heteroatoms. The Morgan fingerprint density at radius 1 is 1.15 bits per heavy atom. The number of anilines is 1. The largest absolute Gasteiger partial charge is 0.612 e. The lowest BCUT2D eigenvalue weighted by Crippen LogP contribution is -2.15. The Morgan fingerprint density at radius 3 is 2.40 bits per heavy atom. The Morgan fingerprint density at radius 2 is 1.80 bits per heavy atom. The molecule has 0 saturated carbocycles. The van der Waals surface area contributed by atoms with Crippen LogP contribution in [0, 0.1) is 0 Å². The Labute approximate surface area is 126 Å². The second-order valence-electron chi connectivity index (χ2n) is 4.01. The van der Waals surface area contributed by atoms with Crippen molar-refractivity contribution in [1.82, 2.24) is 0 Å². The summed E-state index contributed by atoms with van der Waals surface area (Å²) >= 11 is 4.54. The molecule has 0 amide bonds. The third-order valence-electron chi connectivity index (χ3n) is 2.55. The summed E-state index contributed by atoms with van der Waals surface area (Å²) in [4.78, 5) is 0.515. The highest BCUT2D eigenvalue weighted by molar-refractivity contribution is 7.93. The van der Waals surface area contributed by atoms with Gasteiger partial charge in [0, 0.05) is 5.02 Å². The topological polar surface area (TPSA) is 69.2 Å². The number of sulfonamides is 1. The van der Waals surface area contributed by atoms with E-state index in [4.69, 9.17) is 11.6 Å². The van der Waals surface area contributed by atoms with Crippen LogP contribution in [0.15, 0.2) is 58.3 Å². The van der Waals surface area contributed by atoms with Crippen LogP contribution in [0.2, 0.25) is 5.02 Å². The van der Waals surface area contributed by atoms with Crippen molar-refractivity contribution in [3.8, 4) is 0 Å². The van der Waals surface area contributed by atoms with Gasteiger partial charge in [0.05, 0.1) is 4.90 Å². The second-order valence-corrected chi connectivity index (χ2v) is 7.48. The van der Waals surface area contributed by atoms with Crippen LogP contribution in [0.1, 0.15) is 0 Å². The minimum Gasteiger partial charge on any atom is -0.612 e. The third kappa shape index (κ3) is 3.46. The van der Waals surface area contributed by atoms with Gasteiger partial charge in [-0.1, -0.05) is 29.8 Å². The molecule has 0 bridgehead atoms. The van der Waals surface area contributed by atoms with Crippen molar-refractivity contribution in [2.24, 2.45) is 0 Å². The molecule has 0 saturated heterocycles. The molecule has 4 nitrogen and oxygen atoms in total. The molecule has 0 aliphatic rings. The van der Waals surface area contributed by atoms with Crippen molar-refractivity contribution >= 4 is 38.5 Å². The molecule has 0 radical (unpaired) electrons. The van der Waals surface area contributed by atoms with E-state index < -0.39 is 21.2 Å². The lowest BCUT2D eigenvalue weighted by atomic mass is 10.3. The molecule has 2 rings (SSSR count). The molecular formula is C13H12ClNO3S2. The van der Waals surface area contributed by atoms with Gasteiger partial charge in [0.1, 0.15) is 11.9 Å². The summed E-state index contributed by atoms with van der Waals surface area (Å²) in [5.74, 6) is 0. The number of benzene rings is 2. The molecular weight excluding hydrogens is 318 g/mol. The molecule has 1 N–H and O–H groups in total. The summed E-state index contributed by atoms with van der Waals surface area (Å²) in [5.41, 5.74) is 0.224. The fraction of sp³-hybridized carbons (Fsp3) is 0.0769. The lowest BCUT2D eigenvalue weighted by molar-refractivity contribution is 0.600. The maximum absolute atomic E-state index is 12.2. The average molecular weight is 330 g/mol. The van der Waals surface area contributed by atoms with E-state index in [1.165, 1.54) is 24.5 Å². The van der Waals surface area contributed by atoms with Crippen LogP contribution in [0.25, 0.3) is 0 Å². The highest BCUT2D eigenvalue weighted by Crippen LogP contribution is 2.27. The first-order valence-electron chi connectivity index (χ1n) is 5.61. The van der Waals surface area contributed by atoms with Crippen LogP contribution in [-0.2, 0) is 21.2 Å². The number of rotatable bonds is 4. The highest BCUT2D eigenvalue weighted by Gasteiger charge is 2.19. The van der Waals surface area contributed by atoms with E-state index in [0.717, 1.165) is 0 Å². The molecule has 20 heavy (non-hydrogen) atoms. The van der Waals surface area contributed by atoms with Gasteiger partial charge in [-0.3, -0.25) is 4.72 Å². The van der Waals surface area contributed by atoms with Gasteiger partial charge in [0.15, 0.2) is 4.90 Å². The Kier molecular flexibility index (Phi) is 4.59. The summed E-state index contributed by atoms with van der Waals surface area (Å²) in [5, 5.41) is 0.366. The summed E-state index contributed by atoms with van der Waals surface area (Å²) < 4.78 is 38.5. The van der Waals surface area contributed by atoms with Crippen molar-refractivity contribution in [2.75, 3.05) is 11.0 Å². The minimum atomic E-state index is -3.73. The molecule has 0 aromatic heterocycles. The molecule has 1 unspecified atom stereocenters. The Balaban J connectivity index is 2.42. The third-order valence-corrected chi connectivity index (χ3v) is 5.14. The number of halogens is 1. The number of hydrogen-bond donors (Lipinski definition) is 1. The average Bonchev–Trinajstić information content (AvgIpc) is 2.39. The van der Waals surface area contributed by atoms with E-state index in [2.05, 4.69) is 4.72 Å². The Bertz CT molecular complexity index is 703. The summed E-state index contributed by atoms with van der Waals surface area (Å²) in [6.45, 7) is 0. The van der Waals surface area contributed by atoms with E-state index in [-0.39, 0.29) is 10.6 Å². The van der Waals surface area contributed by atoms with Crippen molar-refractivity contribution in [3.63, 3.8) is 0 Å². The predicted molar refractivity (Wildman–Crippen MR) is 81.0 cm³/mol. The molecule has 2 aromatic carbocycles. The van der Waals surface area contributed by atoms with Gasteiger partial charge in [-0.2, -0.15) is 0 Å². The van der Waals surface area contributed by atoms with Gasteiger partial charge in [-0.25, -0.2) is 8.42 Å². The van der Waals surface area contributed by atoms with Gasteiger partial charge in [-0.15, -0.1) is 0 Å². The maximum Gasteiger partial charge on any atom is 0.262 e. The predicted octanol–water partition coefficient (Wildman–Crippen LogP) is 2.88. The summed E-state index contributed by atoms with van der Waals surface area (Å²) in [6.07, 6.45) is 1.48.